The Labute approximate surface area is 189 Å². The molecule has 5 nitrogen and oxygen atoms in total. The first-order valence-electron chi connectivity index (χ1n) is 9.24. The predicted octanol–water partition coefficient (Wildman–Crippen LogP) is 4.16. The molecule has 160 valence electrons. The average Bonchev–Trinajstić information content (AvgIpc) is 3.18. The summed E-state index contributed by atoms with van der Waals surface area (Å²) in [6.07, 6.45) is -1.96. The first-order valence-corrected chi connectivity index (χ1v) is 10.1. The van der Waals surface area contributed by atoms with Gasteiger partial charge in [-0.1, -0.05) is 18.2 Å². The zero-order valence-electron chi connectivity index (χ0n) is 16.1. The van der Waals surface area contributed by atoms with Crippen LogP contribution in [0, 0.1) is 0 Å². The number of halogens is 4. The first-order chi connectivity index (χ1) is 13.5. The van der Waals surface area contributed by atoms with Crippen molar-refractivity contribution >= 4 is 47.0 Å². The van der Waals surface area contributed by atoms with Crippen molar-refractivity contribution in [2.24, 2.45) is 4.99 Å². The SMILES string of the molecule is CN=C(NCCc1nc(C(F)(F)F)cs1)NC1CCN(c2ccccc2)CC1.I. The smallest absolute Gasteiger partial charge is 0.371 e. The molecular formula is C19H25F3IN5S. The van der Waals surface area contributed by atoms with Gasteiger partial charge in [-0.2, -0.15) is 13.2 Å². The van der Waals surface area contributed by atoms with E-state index in [-0.39, 0.29) is 24.0 Å². The molecule has 0 saturated carbocycles. The predicted molar refractivity (Wildman–Crippen MR) is 122 cm³/mol. The molecule has 2 heterocycles. The fraction of sp³-hybridized carbons (Fsp3) is 0.474. The molecule has 10 heteroatoms. The number of piperidine rings is 1. The molecule has 3 rings (SSSR count). The maximum absolute atomic E-state index is 12.6. The van der Waals surface area contributed by atoms with Crippen molar-refractivity contribution in [2.45, 2.75) is 31.5 Å². The lowest BCUT2D eigenvalue weighted by molar-refractivity contribution is -0.140. The highest BCUT2D eigenvalue weighted by molar-refractivity contribution is 14.0. The molecule has 29 heavy (non-hydrogen) atoms. The highest BCUT2D eigenvalue weighted by atomic mass is 127. The van der Waals surface area contributed by atoms with Crippen molar-refractivity contribution in [2.75, 3.05) is 31.6 Å². The maximum atomic E-state index is 12.6. The second-order valence-electron chi connectivity index (χ2n) is 6.61. The van der Waals surface area contributed by atoms with Crippen LogP contribution in [-0.2, 0) is 12.6 Å². The number of para-hydroxylation sites is 1. The second kappa shape index (κ2) is 11.0. The number of hydrogen-bond donors (Lipinski definition) is 2. The molecule has 1 aliphatic heterocycles. The fourth-order valence-electron chi connectivity index (χ4n) is 3.15. The summed E-state index contributed by atoms with van der Waals surface area (Å²) in [5.74, 6) is 0.672. The summed E-state index contributed by atoms with van der Waals surface area (Å²) in [6, 6.07) is 10.7. The standard InChI is InChI=1S/C19H24F3N5S.HI/c1-23-18(24-10-7-17-26-16(13-28-17)19(20,21)22)25-14-8-11-27(12-9-14)15-5-3-2-4-6-15;/h2-6,13-14H,7-12H2,1H3,(H2,23,24,25);1H. The third-order valence-electron chi connectivity index (χ3n) is 4.65. The van der Waals surface area contributed by atoms with Gasteiger partial charge in [0.2, 0.25) is 0 Å². The number of anilines is 1. The van der Waals surface area contributed by atoms with Crippen molar-refractivity contribution in [3.8, 4) is 0 Å². The number of rotatable bonds is 5. The number of nitrogens with one attached hydrogen (secondary N) is 2. The van der Waals surface area contributed by atoms with E-state index in [1.807, 2.05) is 18.2 Å². The van der Waals surface area contributed by atoms with Crippen LogP contribution in [0.3, 0.4) is 0 Å². The van der Waals surface area contributed by atoms with Gasteiger partial charge in [-0.3, -0.25) is 4.99 Å². The minimum absolute atomic E-state index is 0. The highest BCUT2D eigenvalue weighted by Gasteiger charge is 2.33. The number of thiazole rings is 1. The number of aromatic nitrogens is 1. The maximum Gasteiger partial charge on any atom is 0.434 e. The molecule has 0 unspecified atom stereocenters. The molecule has 0 aliphatic carbocycles. The molecule has 0 spiro atoms. The Bertz CT molecular complexity index is 774. The van der Waals surface area contributed by atoms with Gasteiger partial charge >= 0.3 is 6.18 Å². The summed E-state index contributed by atoms with van der Waals surface area (Å²) in [4.78, 5) is 10.2. The molecule has 0 amide bonds. The van der Waals surface area contributed by atoms with Crippen LogP contribution in [0.1, 0.15) is 23.5 Å². The number of hydrogen-bond acceptors (Lipinski definition) is 4. The normalized spacial score (nSPS) is 15.7. The lowest BCUT2D eigenvalue weighted by atomic mass is 10.0. The number of benzene rings is 1. The molecule has 1 aliphatic rings. The lowest BCUT2D eigenvalue weighted by Crippen LogP contribution is -2.49. The van der Waals surface area contributed by atoms with E-state index < -0.39 is 11.9 Å². The minimum Gasteiger partial charge on any atom is -0.371 e. The van der Waals surface area contributed by atoms with E-state index in [1.165, 1.54) is 5.69 Å². The third kappa shape index (κ3) is 7.02. The summed E-state index contributed by atoms with van der Waals surface area (Å²) in [5.41, 5.74) is 0.422. The van der Waals surface area contributed by atoms with Gasteiger partial charge in [-0.15, -0.1) is 35.3 Å². The third-order valence-corrected chi connectivity index (χ3v) is 5.56. The largest absolute Gasteiger partial charge is 0.434 e. The van der Waals surface area contributed by atoms with Crippen LogP contribution in [0.4, 0.5) is 18.9 Å². The number of alkyl halides is 3. The molecule has 0 radical (unpaired) electrons. The lowest BCUT2D eigenvalue weighted by Gasteiger charge is -2.34. The van der Waals surface area contributed by atoms with Gasteiger partial charge in [0, 0.05) is 50.2 Å². The Kier molecular flexibility index (Phi) is 9.00. The Hall–Kier alpha value is -1.56. The van der Waals surface area contributed by atoms with Crippen LogP contribution < -0.4 is 15.5 Å². The molecular weight excluding hydrogens is 514 g/mol. The molecule has 1 saturated heterocycles. The Morgan fingerprint density at radius 1 is 1.24 bits per heavy atom. The second-order valence-corrected chi connectivity index (χ2v) is 7.56. The van der Waals surface area contributed by atoms with Gasteiger partial charge in [-0.05, 0) is 25.0 Å². The monoisotopic (exact) mass is 539 g/mol. The summed E-state index contributed by atoms with van der Waals surface area (Å²) < 4.78 is 37.8. The van der Waals surface area contributed by atoms with E-state index in [0.29, 0.717) is 30.0 Å². The quantitative estimate of drug-likeness (QED) is 0.341. The topological polar surface area (TPSA) is 52.6 Å². The van der Waals surface area contributed by atoms with Crippen LogP contribution in [0.5, 0.6) is 0 Å². The van der Waals surface area contributed by atoms with E-state index >= 15 is 0 Å². The molecule has 1 aromatic heterocycles. The van der Waals surface area contributed by atoms with Crippen LogP contribution >= 0.6 is 35.3 Å². The fourth-order valence-corrected chi connectivity index (χ4v) is 3.96. The van der Waals surface area contributed by atoms with Gasteiger partial charge in [0.25, 0.3) is 0 Å². The molecule has 0 atom stereocenters. The Balaban J connectivity index is 0.00000300. The van der Waals surface area contributed by atoms with Gasteiger partial charge in [0.15, 0.2) is 11.7 Å². The van der Waals surface area contributed by atoms with Crippen LogP contribution in [-0.4, -0.2) is 43.7 Å². The average molecular weight is 539 g/mol. The van der Waals surface area contributed by atoms with Crippen molar-refractivity contribution < 1.29 is 13.2 Å². The van der Waals surface area contributed by atoms with Gasteiger partial charge < -0.3 is 15.5 Å². The summed E-state index contributed by atoms with van der Waals surface area (Å²) in [6.45, 7) is 2.42. The van der Waals surface area contributed by atoms with Crippen molar-refractivity contribution in [3.05, 3.63) is 46.4 Å². The molecule has 0 bridgehead atoms. The molecule has 2 aromatic rings. The zero-order chi connectivity index (χ0) is 20.0. The minimum atomic E-state index is -4.38. The zero-order valence-corrected chi connectivity index (χ0v) is 19.2. The van der Waals surface area contributed by atoms with Crippen molar-refractivity contribution in [1.82, 2.24) is 15.6 Å². The van der Waals surface area contributed by atoms with Crippen molar-refractivity contribution in [3.63, 3.8) is 0 Å². The first kappa shape index (κ1) is 23.7. The van der Waals surface area contributed by atoms with Gasteiger partial charge in [0.1, 0.15) is 0 Å². The molecule has 1 aromatic carbocycles. The highest BCUT2D eigenvalue weighted by Crippen LogP contribution is 2.30. The summed E-state index contributed by atoms with van der Waals surface area (Å²) in [5, 5.41) is 8.10. The Morgan fingerprint density at radius 2 is 1.93 bits per heavy atom. The molecule has 1 fully saturated rings. The Morgan fingerprint density at radius 3 is 2.52 bits per heavy atom. The van der Waals surface area contributed by atoms with Crippen LogP contribution in [0.25, 0.3) is 0 Å². The summed E-state index contributed by atoms with van der Waals surface area (Å²) in [7, 11) is 1.69. The van der Waals surface area contributed by atoms with E-state index in [4.69, 9.17) is 0 Å². The van der Waals surface area contributed by atoms with Gasteiger partial charge in [-0.25, -0.2) is 4.98 Å². The van der Waals surface area contributed by atoms with E-state index in [1.54, 1.807) is 7.05 Å². The summed E-state index contributed by atoms with van der Waals surface area (Å²) >= 11 is 1.03. The number of nitrogens with zero attached hydrogens (tertiary/aromatic N) is 3. The number of aliphatic imine (C=N–C) groups is 1. The van der Waals surface area contributed by atoms with E-state index in [9.17, 15) is 13.2 Å². The van der Waals surface area contributed by atoms with Gasteiger partial charge in [0.05, 0.1) is 5.01 Å². The van der Waals surface area contributed by atoms with E-state index in [0.717, 1.165) is 42.6 Å². The number of guanidine groups is 1. The van der Waals surface area contributed by atoms with Crippen LogP contribution in [0.2, 0.25) is 0 Å². The molecule has 2 N–H and O–H groups in total. The van der Waals surface area contributed by atoms with Crippen LogP contribution in [0.15, 0.2) is 40.7 Å². The van der Waals surface area contributed by atoms with Crippen molar-refractivity contribution in [1.29, 1.82) is 0 Å². The van der Waals surface area contributed by atoms with E-state index in [2.05, 4.69) is 37.6 Å².